The average Bonchev–Trinajstić information content (AvgIpc) is 2.93. The molecule has 0 spiro atoms. The Balaban J connectivity index is 1.73. The highest BCUT2D eigenvalue weighted by atomic mass is 35.5. The van der Waals surface area contributed by atoms with Gasteiger partial charge in [0.15, 0.2) is 0 Å². The summed E-state index contributed by atoms with van der Waals surface area (Å²) in [5, 5.41) is 0.690. The third-order valence-corrected chi connectivity index (χ3v) is 4.03. The number of halogens is 1. The first-order valence-corrected chi connectivity index (χ1v) is 7.36. The van der Waals surface area contributed by atoms with Crippen LogP contribution in [0.1, 0.15) is 28.7 Å². The summed E-state index contributed by atoms with van der Waals surface area (Å²) in [5.41, 5.74) is 10.8. The lowest BCUT2D eigenvalue weighted by molar-refractivity contribution is 0.303. The van der Waals surface area contributed by atoms with Crippen LogP contribution in [0.15, 0.2) is 36.4 Å². The van der Waals surface area contributed by atoms with E-state index >= 15 is 0 Å². The van der Waals surface area contributed by atoms with Crippen LogP contribution < -0.4 is 10.5 Å². The Morgan fingerprint density at radius 2 is 1.90 bits per heavy atom. The molecule has 0 bridgehead atoms. The first-order valence-electron chi connectivity index (χ1n) is 6.98. The van der Waals surface area contributed by atoms with Gasteiger partial charge in [0.25, 0.3) is 0 Å². The van der Waals surface area contributed by atoms with E-state index in [2.05, 4.69) is 18.2 Å². The third kappa shape index (κ3) is 2.82. The molecular weight excluding hydrogens is 270 g/mol. The van der Waals surface area contributed by atoms with Crippen molar-refractivity contribution in [1.29, 1.82) is 0 Å². The van der Waals surface area contributed by atoms with Crippen LogP contribution in [-0.2, 0) is 26.0 Å². The van der Waals surface area contributed by atoms with Gasteiger partial charge >= 0.3 is 0 Å². The van der Waals surface area contributed by atoms with Crippen LogP contribution in [0.3, 0.4) is 0 Å². The predicted octanol–water partition coefficient (Wildman–Crippen LogP) is 3.87. The molecule has 104 valence electrons. The topological polar surface area (TPSA) is 35.2 Å². The second-order valence-corrected chi connectivity index (χ2v) is 5.64. The molecule has 1 aliphatic rings. The van der Waals surface area contributed by atoms with Gasteiger partial charge in [-0.15, -0.1) is 0 Å². The molecule has 0 saturated carbocycles. The Morgan fingerprint density at radius 1 is 1.05 bits per heavy atom. The molecule has 2 nitrogen and oxygen atoms in total. The van der Waals surface area contributed by atoms with Crippen molar-refractivity contribution in [3.05, 3.63) is 63.7 Å². The summed E-state index contributed by atoms with van der Waals surface area (Å²) in [6, 6.07) is 12.2. The third-order valence-electron chi connectivity index (χ3n) is 3.80. The number of benzene rings is 2. The maximum absolute atomic E-state index is 5.97. The first kappa shape index (κ1) is 13.5. The van der Waals surface area contributed by atoms with E-state index in [9.17, 15) is 0 Å². The summed E-state index contributed by atoms with van der Waals surface area (Å²) in [7, 11) is 0. The molecule has 0 aromatic heterocycles. The molecule has 0 fully saturated rings. The summed E-state index contributed by atoms with van der Waals surface area (Å²) in [6.07, 6.45) is 3.68. The van der Waals surface area contributed by atoms with E-state index in [1.165, 1.54) is 36.0 Å². The van der Waals surface area contributed by atoms with E-state index in [1.54, 1.807) is 0 Å². The van der Waals surface area contributed by atoms with E-state index in [1.807, 2.05) is 18.2 Å². The summed E-state index contributed by atoms with van der Waals surface area (Å²) in [4.78, 5) is 0. The second kappa shape index (κ2) is 5.86. The lowest BCUT2D eigenvalue weighted by Gasteiger charge is -2.11. The molecule has 0 aliphatic heterocycles. The van der Waals surface area contributed by atoms with Crippen LogP contribution in [0.2, 0.25) is 5.02 Å². The van der Waals surface area contributed by atoms with E-state index in [4.69, 9.17) is 22.1 Å². The van der Waals surface area contributed by atoms with Gasteiger partial charge in [-0.2, -0.15) is 0 Å². The van der Waals surface area contributed by atoms with Gasteiger partial charge < -0.3 is 10.5 Å². The fraction of sp³-hybridized carbons (Fsp3) is 0.294. The van der Waals surface area contributed by atoms with Gasteiger partial charge in [0.1, 0.15) is 12.4 Å². The number of rotatable bonds is 4. The minimum Gasteiger partial charge on any atom is -0.489 e. The Bertz CT molecular complexity index is 624. The Labute approximate surface area is 124 Å². The van der Waals surface area contributed by atoms with Crippen LogP contribution in [0, 0.1) is 0 Å². The van der Waals surface area contributed by atoms with Crippen LogP contribution in [0.25, 0.3) is 0 Å². The van der Waals surface area contributed by atoms with E-state index in [0.29, 0.717) is 18.2 Å². The Hall–Kier alpha value is -1.51. The van der Waals surface area contributed by atoms with Crippen molar-refractivity contribution in [2.75, 3.05) is 0 Å². The number of fused-ring (bicyclic) bond motifs is 1. The summed E-state index contributed by atoms with van der Waals surface area (Å²) < 4.78 is 5.89. The van der Waals surface area contributed by atoms with Crippen molar-refractivity contribution in [2.45, 2.75) is 32.4 Å². The van der Waals surface area contributed by atoms with Gasteiger partial charge in [-0.05, 0) is 54.2 Å². The van der Waals surface area contributed by atoms with Gasteiger partial charge in [0.05, 0.1) is 0 Å². The molecule has 0 radical (unpaired) electrons. The van der Waals surface area contributed by atoms with E-state index in [0.717, 1.165) is 11.3 Å². The Kier molecular flexibility index (Phi) is 3.95. The number of ether oxygens (including phenoxy) is 1. The minimum absolute atomic E-state index is 0.431. The molecule has 2 N–H and O–H groups in total. The Morgan fingerprint density at radius 3 is 2.75 bits per heavy atom. The zero-order valence-electron chi connectivity index (χ0n) is 11.4. The van der Waals surface area contributed by atoms with Crippen molar-refractivity contribution >= 4 is 11.6 Å². The molecule has 1 aliphatic carbocycles. The summed E-state index contributed by atoms with van der Waals surface area (Å²) >= 11 is 5.97. The fourth-order valence-electron chi connectivity index (χ4n) is 2.72. The smallest absolute Gasteiger partial charge is 0.124 e. The zero-order valence-corrected chi connectivity index (χ0v) is 12.1. The van der Waals surface area contributed by atoms with Crippen LogP contribution >= 0.6 is 11.6 Å². The fourth-order valence-corrected chi connectivity index (χ4v) is 2.92. The molecule has 0 unspecified atom stereocenters. The van der Waals surface area contributed by atoms with Gasteiger partial charge in [0.2, 0.25) is 0 Å². The molecule has 20 heavy (non-hydrogen) atoms. The highest BCUT2D eigenvalue weighted by Gasteiger charge is 2.11. The molecule has 2 aromatic carbocycles. The van der Waals surface area contributed by atoms with Gasteiger partial charge in [0, 0.05) is 17.1 Å². The number of hydrogen-bond acceptors (Lipinski definition) is 2. The van der Waals surface area contributed by atoms with Crippen molar-refractivity contribution in [1.82, 2.24) is 0 Å². The van der Waals surface area contributed by atoms with Gasteiger partial charge in [-0.1, -0.05) is 29.8 Å². The SMILES string of the molecule is NCc1cc(Cl)ccc1OCc1ccc2c(c1)CCC2. The largest absolute Gasteiger partial charge is 0.489 e. The average molecular weight is 288 g/mol. The second-order valence-electron chi connectivity index (χ2n) is 5.20. The number of aryl methyl sites for hydroxylation is 2. The van der Waals surface area contributed by atoms with Crippen LogP contribution in [-0.4, -0.2) is 0 Å². The number of nitrogens with two attached hydrogens (primary N) is 1. The van der Waals surface area contributed by atoms with Crippen LogP contribution in [0.4, 0.5) is 0 Å². The molecule has 3 heteroatoms. The summed E-state index contributed by atoms with van der Waals surface area (Å²) in [5.74, 6) is 0.817. The highest BCUT2D eigenvalue weighted by molar-refractivity contribution is 6.30. The van der Waals surface area contributed by atoms with Crippen molar-refractivity contribution in [3.63, 3.8) is 0 Å². The van der Waals surface area contributed by atoms with E-state index in [-0.39, 0.29) is 0 Å². The minimum atomic E-state index is 0.431. The maximum Gasteiger partial charge on any atom is 0.124 e. The molecule has 2 aromatic rings. The first-order chi connectivity index (χ1) is 9.76. The quantitative estimate of drug-likeness (QED) is 0.926. The predicted molar refractivity (Wildman–Crippen MR) is 82.1 cm³/mol. The zero-order chi connectivity index (χ0) is 13.9. The molecular formula is C17H18ClNO. The number of hydrogen-bond donors (Lipinski definition) is 1. The van der Waals surface area contributed by atoms with Gasteiger partial charge in [-0.25, -0.2) is 0 Å². The molecule has 0 amide bonds. The van der Waals surface area contributed by atoms with Crippen molar-refractivity contribution < 1.29 is 4.74 Å². The lowest BCUT2D eigenvalue weighted by Crippen LogP contribution is -2.03. The van der Waals surface area contributed by atoms with Gasteiger partial charge in [-0.3, -0.25) is 0 Å². The van der Waals surface area contributed by atoms with Crippen molar-refractivity contribution in [2.24, 2.45) is 5.73 Å². The molecule has 0 atom stereocenters. The molecule has 0 heterocycles. The van der Waals surface area contributed by atoms with E-state index < -0.39 is 0 Å². The molecule has 0 saturated heterocycles. The standard InChI is InChI=1S/C17H18ClNO/c18-16-6-7-17(15(9-16)10-19)20-11-12-4-5-13-2-1-3-14(13)8-12/h4-9H,1-3,10-11,19H2. The normalized spacial score (nSPS) is 13.3. The highest BCUT2D eigenvalue weighted by Crippen LogP contribution is 2.25. The maximum atomic E-state index is 5.97. The van der Waals surface area contributed by atoms with Crippen molar-refractivity contribution in [3.8, 4) is 5.75 Å². The summed E-state index contributed by atoms with van der Waals surface area (Å²) in [6.45, 7) is 1.00. The monoisotopic (exact) mass is 287 g/mol. The molecule has 3 rings (SSSR count). The van der Waals surface area contributed by atoms with Crippen LogP contribution in [0.5, 0.6) is 5.75 Å². The lowest BCUT2D eigenvalue weighted by atomic mass is 10.1.